The van der Waals surface area contributed by atoms with Gasteiger partial charge in [0.25, 0.3) is 5.91 Å². The number of nitrogens with zero attached hydrogens (tertiary/aromatic N) is 2. The molecule has 22 heavy (non-hydrogen) atoms. The van der Waals surface area contributed by atoms with Crippen LogP contribution in [0.3, 0.4) is 0 Å². The van der Waals surface area contributed by atoms with Crippen LogP contribution >= 0.6 is 11.6 Å². The van der Waals surface area contributed by atoms with Gasteiger partial charge in [0.05, 0.1) is 11.6 Å². The van der Waals surface area contributed by atoms with E-state index < -0.39 is 0 Å². The first kappa shape index (κ1) is 16.1. The lowest BCUT2D eigenvalue weighted by Gasteiger charge is -2.25. The van der Waals surface area contributed by atoms with Gasteiger partial charge in [-0.2, -0.15) is 5.26 Å². The molecule has 0 bridgehead atoms. The molecule has 4 heteroatoms. The summed E-state index contributed by atoms with van der Waals surface area (Å²) in [5.74, 6) is -0.0500. The van der Waals surface area contributed by atoms with Crippen molar-refractivity contribution in [1.82, 2.24) is 4.90 Å². The highest BCUT2D eigenvalue weighted by molar-refractivity contribution is 6.30. The molecular formula is C18H17ClN2O. The Balaban J connectivity index is 2.05. The van der Waals surface area contributed by atoms with Gasteiger partial charge in [-0.3, -0.25) is 4.79 Å². The van der Waals surface area contributed by atoms with E-state index in [9.17, 15) is 4.79 Å². The molecule has 3 nitrogen and oxygen atoms in total. The van der Waals surface area contributed by atoms with E-state index >= 15 is 0 Å². The fraction of sp³-hybridized carbons (Fsp3) is 0.222. The second-order valence-corrected chi connectivity index (χ2v) is 5.72. The summed E-state index contributed by atoms with van der Waals surface area (Å²) in [6.07, 6.45) is 0.760. The number of hydrogen-bond donors (Lipinski definition) is 0. The van der Waals surface area contributed by atoms with Crippen molar-refractivity contribution in [3.8, 4) is 6.07 Å². The van der Waals surface area contributed by atoms with E-state index in [1.54, 1.807) is 36.2 Å². The molecule has 1 amide bonds. The van der Waals surface area contributed by atoms with Gasteiger partial charge in [0.2, 0.25) is 0 Å². The number of hydrogen-bond acceptors (Lipinski definition) is 2. The first-order valence-electron chi connectivity index (χ1n) is 7.03. The van der Waals surface area contributed by atoms with Gasteiger partial charge in [-0.1, -0.05) is 23.7 Å². The van der Waals surface area contributed by atoms with Crippen molar-refractivity contribution in [2.24, 2.45) is 0 Å². The molecule has 1 unspecified atom stereocenters. The lowest BCUT2D eigenvalue weighted by atomic mass is 10.1. The van der Waals surface area contributed by atoms with E-state index in [-0.39, 0.29) is 11.9 Å². The van der Waals surface area contributed by atoms with E-state index in [1.807, 2.05) is 37.3 Å². The number of likely N-dealkylation sites (N-methyl/N-ethyl adjacent to an activating group) is 1. The van der Waals surface area contributed by atoms with E-state index in [4.69, 9.17) is 16.9 Å². The highest BCUT2D eigenvalue weighted by atomic mass is 35.5. The molecule has 0 heterocycles. The van der Waals surface area contributed by atoms with E-state index in [2.05, 4.69) is 0 Å². The maximum absolute atomic E-state index is 12.5. The molecule has 0 aliphatic rings. The van der Waals surface area contributed by atoms with Crippen molar-refractivity contribution in [2.75, 3.05) is 7.05 Å². The molecule has 2 aromatic rings. The van der Waals surface area contributed by atoms with Gasteiger partial charge in [-0.15, -0.1) is 0 Å². The Bertz CT molecular complexity index is 687. The van der Waals surface area contributed by atoms with Gasteiger partial charge in [-0.05, 0) is 55.3 Å². The molecule has 112 valence electrons. The van der Waals surface area contributed by atoms with Crippen molar-refractivity contribution >= 4 is 17.5 Å². The molecular weight excluding hydrogens is 296 g/mol. The minimum atomic E-state index is -0.0500. The molecule has 0 saturated heterocycles. The Morgan fingerprint density at radius 2 is 1.77 bits per heavy atom. The summed E-state index contributed by atoms with van der Waals surface area (Å²) in [5.41, 5.74) is 2.27. The first-order valence-corrected chi connectivity index (χ1v) is 7.41. The molecule has 2 rings (SSSR count). The van der Waals surface area contributed by atoms with E-state index in [1.165, 1.54) is 0 Å². The van der Waals surface area contributed by atoms with Crippen molar-refractivity contribution in [3.63, 3.8) is 0 Å². The molecule has 0 N–H and O–H groups in total. The van der Waals surface area contributed by atoms with Crippen LogP contribution in [0.25, 0.3) is 0 Å². The monoisotopic (exact) mass is 312 g/mol. The van der Waals surface area contributed by atoms with Gasteiger partial charge in [0.1, 0.15) is 0 Å². The van der Waals surface area contributed by atoms with Crippen LogP contribution in [0.4, 0.5) is 0 Å². The molecule has 2 aromatic carbocycles. The van der Waals surface area contributed by atoms with Crippen molar-refractivity contribution in [1.29, 1.82) is 5.26 Å². The maximum atomic E-state index is 12.5. The highest BCUT2D eigenvalue weighted by Crippen LogP contribution is 2.14. The van der Waals surface area contributed by atoms with Crippen LogP contribution in [0.15, 0.2) is 48.5 Å². The third kappa shape index (κ3) is 3.87. The highest BCUT2D eigenvalue weighted by Gasteiger charge is 2.17. The molecule has 0 radical (unpaired) electrons. The lowest BCUT2D eigenvalue weighted by Crippen LogP contribution is -2.36. The number of rotatable bonds is 4. The topological polar surface area (TPSA) is 44.1 Å². The zero-order valence-corrected chi connectivity index (χ0v) is 13.3. The Morgan fingerprint density at radius 3 is 2.32 bits per heavy atom. The van der Waals surface area contributed by atoms with Gasteiger partial charge < -0.3 is 4.90 Å². The molecule has 0 aliphatic heterocycles. The summed E-state index contributed by atoms with van der Waals surface area (Å²) in [4.78, 5) is 14.2. The SMILES string of the molecule is CC(Cc1ccc(Cl)cc1)N(C)C(=O)c1ccc(C#N)cc1. The van der Waals surface area contributed by atoms with E-state index in [0.717, 1.165) is 12.0 Å². The Labute approximate surface area is 135 Å². The number of carbonyl (C=O) groups excluding carboxylic acids is 1. The summed E-state index contributed by atoms with van der Waals surface area (Å²) < 4.78 is 0. The lowest BCUT2D eigenvalue weighted by molar-refractivity contribution is 0.0743. The van der Waals surface area contributed by atoms with Gasteiger partial charge in [0, 0.05) is 23.7 Å². The summed E-state index contributed by atoms with van der Waals surface area (Å²) in [7, 11) is 1.79. The van der Waals surface area contributed by atoms with Gasteiger partial charge >= 0.3 is 0 Å². The summed E-state index contributed by atoms with van der Waals surface area (Å²) in [6.45, 7) is 2.01. The second kappa shape index (κ2) is 7.11. The fourth-order valence-electron chi connectivity index (χ4n) is 2.19. The van der Waals surface area contributed by atoms with E-state index in [0.29, 0.717) is 16.1 Å². The van der Waals surface area contributed by atoms with Crippen molar-refractivity contribution in [3.05, 3.63) is 70.2 Å². The normalized spacial score (nSPS) is 11.5. The minimum Gasteiger partial charge on any atom is -0.339 e. The quantitative estimate of drug-likeness (QED) is 0.859. The Morgan fingerprint density at radius 1 is 1.18 bits per heavy atom. The van der Waals surface area contributed by atoms with Crippen LogP contribution in [0.2, 0.25) is 5.02 Å². The molecule has 0 aliphatic carbocycles. The van der Waals surface area contributed by atoms with Crippen LogP contribution in [-0.2, 0) is 6.42 Å². The number of amides is 1. The molecule has 0 aromatic heterocycles. The van der Waals surface area contributed by atoms with Crippen LogP contribution < -0.4 is 0 Å². The average molecular weight is 313 g/mol. The standard InChI is InChI=1S/C18H17ClN2O/c1-13(11-14-5-9-17(19)10-6-14)21(2)18(22)16-7-3-15(12-20)4-8-16/h3-10,13H,11H2,1-2H3. The third-order valence-electron chi connectivity index (χ3n) is 3.69. The zero-order chi connectivity index (χ0) is 16.1. The predicted octanol–water partition coefficient (Wildman–Crippen LogP) is 3.91. The zero-order valence-electron chi connectivity index (χ0n) is 12.6. The summed E-state index contributed by atoms with van der Waals surface area (Å²) >= 11 is 5.88. The fourth-order valence-corrected chi connectivity index (χ4v) is 2.32. The molecule has 0 fully saturated rings. The third-order valence-corrected chi connectivity index (χ3v) is 3.94. The minimum absolute atomic E-state index is 0.0500. The van der Waals surface area contributed by atoms with Crippen LogP contribution in [-0.4, -0.2) is 23.9 Å². The van der Waals surface area contributed by atoms with Crippen LogP contribution in [0.1, 0.15) is 28.4 Å². The van der Waals surface area contributed by atoms with Gasteiger partial charge in [-0.25, -0.2) is 0 Å². The van der Waals surface area contributed by atoms with Crippen LogP contribution in [0.5, 0.6) is 0 Å². The van der Waals surface area contributed by atoms with Crippen LogP contribution in [0, 0.1) is 11.3 Å². The molecule has 0 spiro atoms. The Kier molecular flexibility index (Phi) is 5.19. The summed E-state index contributed by atoms with van der Waals surface area (Å²) in [5, 5.41) is 9.50. The van der Waals surface area contributed by atoms with Gasteiger partial charge in [0.15, 0.2) is 0 Å². The first-order chi connectivity index (χ1) is 10.5. The number of benzene rings is 2. The largest absolute Gasteiger partial charge is 0.339 e. The number of halogens is 1. The maximum Gasteiger partial charge on any atom is 0.253 e. The molecule has 0 saturated carbocycles. The molecule has 1 atom stereocenters. The number of carbonyl (C=O) groups is 1. The average Bonchev–Trinajstić information content (AvgIpc) is 2.55. The summed E-state index contributed by atoms with van der Waals surface area (Å²) in [6, 6.07) is 16.4. The smallest absolute Gasteiger partial charge is 0.253 e. The van der Waals surface area contributed by atoms with Crippen molar-refractivity contribution < 1.29 is 4.79 Å². The second-order valence-electron chi connectivity index (χ2n) is 5.28. The number of nitriles is 1. The Hall–Kier alpha value is -2.31. The predicted molar refractivity (Wildman–Crippen MR) is 87.9 cm³/mol. The van der Waals surface area contributed by atoms with Crippen molar-refractivity contribution in [2.45, 2.75) is 19.4 Å².